The van der Waals surface area contributed by atoms with E-state index in [1.165, 1.54) is 5.56 Å². The van der Waals surface area contributed by atoms with Gasteiger partial charge in [0.25, 0.3) is 0 Å². The van der Waals surface area contributed by atoms with Crippen LogP contribution in [0.25, 0.3) is 11.0 Å². The van der Waals surface area contributed by atoms with Gasteiger partial charge in [0, 0.05) is 30.5 Å². The maximum atomic E-state index is 12.2. The fourth-order valence-corrected chi connectivity index (χ4v) is 2.91. The molecular formula is C22H24N2O3. The smallest absolute Gasteiger partial charge is 0.224 e. The first-order chi connectivity index (χ1) is 13.0. The summed E-state index contributed by atoms with van der Waals surface area (Å²) in [4.78, 5) is 24.1. The lowest BCUT2D eigenvalue weighted by atomic mass is 10.0. The number of fused-ring (bicyclic) bond motifs is 1. The molecule has 0 radical (unpaired) electrons. The van der Waals surface area contributed by atoms with E-state index in [4.69, 9.17) is 4.42 Å². The Balaban J connectivity index is 1.45. The maximum absolute atomic E-state index is 12.2. The zero-order valence-corrected chi connectivity index (χ0v) is 15.7. The lowest BCUT2D eigenvalue weighted by molar-refractivity contribution is -0.122. The third-order valence-electron chi connectivity index (χ3n) is 4.63. The Labute approximate surface area is 158 Å². The van der Waals surface area contributed by atoms with Gasteiger partial charge in [0.15, 0.2) is 0 Å². The Morgan fingerprint density at radius 2 is 1.70 bits per heavy atom. The highest BCUT2D eigenvalue weighted by Gasteiger charge is 2.12. The van der Waals surface area contributed by atoms with Crippen LogP contribution in [0.2, 0.25) is 0 Å². The predicted molar refractivity (Wildman–Crippen MR) is 105 cm³/mol. The van der Waals surface area contributed by atoms with E-state index in [9.17, 15) is 9.59 Å². The van der Waals surface area contributed by atoms with Crippen molar-refractivity contribution in [3.63, 3.8) is 0 Å². The molecule has 0 spiro atoms. The van der Waals surface area contributed by atoms with Crippen molar-refractivity contribution in [1.82, 2.24) is 10.6 Å². The van der Waals surface area contributed by atoms with Crippen molar-refractivity contribution in [2.75, 3.05) is 6.54 Å². The molecule has 27 heavy (non-hydrogen) atoms. The quantitative estimate of drug-likeness (QED) is 0.675. The van der Waals surface area contributed by atoms with E-state index in [0.29, 0.717) is 13.1 Å². The maximum Gasteiger partial charge on any atom is 0.224 e. The molecule has 5 nitrogen and oxygen atoms in total. The summed E-state index contributed by atoms with van der Waals surface area (Å²) in [5.74, 6) is -0.203. The van der Waals surface area contributed by atoms with Crippen LogP contribution in [-0.4, -0.2) is 18.4 Å². The van der Waals surface area contributed by atoms with Gasteiger partial charge in [0.05, 0.1) is 12.7 Å². The molecule has 5 heteroatoms. The highest BCUT2D eigenvalue weighted by atomic mass is 16.3. The third kappa shape index (κ3) is 4.97. The van der Waals surface area contributed by atoms with Crippen LogP contribution in [0.3, 0.4) is 0 Å². The molecule has 0 bridgehead atoms. The van der Waals surface area contributed by atoms with Gasteiger partial charge >= 0.3 is 0 Å². The van der Waals surface area contributed by atoms with Gasteiger partial charge in [-0.15, -0.1) is 0 Å². The highest BCUT2D eigenvalue weighted by Crippen LogP contribution is 2.25. The molecule has 2 amide bonds. The van der Waals surface area contributed by atoms with Gasteiger partial charge in [0.2, 0.25) is 11.8 Å². The number of rotatable bonds is 7. The van der Waals surface area contributed by atoms with Gasteiger partial charge in [-0.05, 0) is 42.7 Å². The minimum atomic E-state index is -0.119. The standard InChI is InChI=1S/C22H24N2O3/c1-15-10-19-18(14-27-20(19)11-16(15)2)12-22(26)23-9-8-21(25)24-13-17-6-4-3-5-7-17/h3-7,10-11,14H,8-9,12-13H2,1-2H3,(H,23,26)(H,24,25). The van der Waals surface area contributed by atoms with E-state index in [0.717, 1.165) is 27.7 Å². The van der Waals surface area contributed by atoms with Gasteiger partial charge < -0.3 is 15.1 Å². The summed E-state index contributed by atoms with van der Waals surface area (Å²) in [7, 11) is 0. The zero-order chi connectivity index (χ0) is 19.2. The van der Waals surface area contributed by atoms with Crippen molar-refractivity contribution in [3.8, 4) is 0 Å². The second-order valence-electron chi connectivity index (χ2n) is 6.73. The van der Waals surface area contributed by atoms with E-state index in [1.54, 1.807) is 6.26 Å². The molecule has 0 aliphatic carbocycles. The molecule has 2 N–H and O–H groups in total. The second kappa shape index (κ2) is 8.54. The minimum Gasteiger partial charge on any atom is -0.464 e. The van der Waals surface area contributed by atoms with E-state index in [1.807, 2.05) is 56.3 Å². The van der Waals surface area contributed by atoms with Crippen molar-refractivity contribution >= 4 is 22.8 Å². The Hall–Kier alpha value is -3.08. The van der Waals surface area contributed by atoms with Crippen molar-refractivity contribution in [2.45, 2.75) is 33.2 Å². The average molecular weight is 364 g/mol. The number of aryl methyl sites for hydroxylation is 2. The van der Waals surface area contributed by atoms with E-state index >= 15 is 0 Å². The Bertz CT molecular complexity index is 945. The summed E-state index contributed by atoms with van der Waals surface area (Å²) < 4.78 is 5.56. The van der Waals surface area contributed by atoms with Gasteiger partial charge in [0.1, 0.15) is 5.58 Å². The van der Waals surface area contributed by atoms with Crippen LogP contribution in [0.15, 0.2) is 53.1 Å². The number of amides is 2. The van der Waals surface area contributed by atoms with E-state index in [-0.39, 0.29) is 24.7 Å². The SMILES string of the molecule is Cc1cc2occ(CC(=O)NCCC(=O)NCc3ccccc3)c2cc1C. The van der Waals surface area contributed by atoms with Crippen molar-refractivity contribution in [1.29, 1.82) is 0 Å². The van der Waals surface area contributed by atoms with Crippen LogP contribution in [-0.2, 0) is 22.6 Å². The first-order valence-corrected chi connectivity index (χ1v) is 9.07. The third-order valence-corrected chi connectivity index (χ3v) is 4.63. The number of benzene rings is 2. The van der Waals surface area contributed by atoms with Gasteiger partial charge in [-0.1, -0.05) is 30.3 Å². The minimum absolute atomic E-state index is 0.0842. The molecule has 2 aromatic carbocycles. The van der Waals surface area contributed by atoms with Crippen LogP contribution in [0.1, 0.15) is 28.7 Å². The fraction of sp³-hybridized carbons (Fsp3) is 0.273. The zero-order valence-electron chi connectivity index (χ0n) is 15.7. The topological polar surface area (TPSA) is 71.3 Å². The number of carbonyl (C=O) groups excluding carboxylic acids is 2. The highest BCUT2D eigenvalue weighted by molar-refractivity contribution is 5.88. The fourth-order valence-electron chi connectivity index (χ4n) is 2.91. The summed E-state index contributed by atoms with van der Waals surface area (Å²) in [5.41, 5.74) is 5.03. The summed E-state index contributed by atoms with van der Waals surface area (Å²) in [6, 6.07) is 13.8. The summed E-state index contributed by atoms with van der Waals surface area (Å²) >= 11 is 0. The van der Waals surface area contributed by atoms with Gasteiger partial charge in [-0.3, -0.25) is 9.59 Å². The van der Waals surface area contributed by atoms with Crippen LogP contribution < -0.4 is 10.6 Å². The largest absolute Gasteiger partial charge is 0.464 e. The molecule has 140 valence electrons. The predicted octanol–water partition coefficient (Wildman–Crippen LogP) is 3.41. The Kier molecular flexibility index (Phi) is 5.91. The molecule has 0 saturated carbocycles. The molecule has 3 aromatic rings. The summed E-state index contributed by atoms with van der Waals surface area (Å²) in [6.07, 6.45) is 2.12. The van der Waals surface area contributed by atoms with Gasteiger partial charge in [-0.25, -0.2) is 0 Å². The molecule has 1 heterocycles. The Morgan fingerprint density at radius 3 is 2.48 bits per heavy atom. The van der Waals surface area contributed by atoms with Crippen LogP contribution in [0.4, 0.5) is 0 Å². The summed E-state index contributed by atoms with van der Waals surface area (Å²) in [5, 5.41) is 6.61. The van der Waals surface area contributed by atoms with Crippen molar-refractivity contribution < 1.29 is 14.0 Å². The average Bonchev–Trinajstić information content (AvgIpc) is 3.03. The first kappa shape index (κ1) is 18.7. The van der Waals surface area contributed by atoms with E-state index in [2.05, 4.69) is 10.6 Å². The van der Waals surface area contributed by atoms with Crippen LogP contribution in [0, 0.1) is 13.8 Å². The lowest BCUT2D eigenvalue weighted by Gasteiger charge is -2.07. The molecule has 0 fully saturated rings. The molecule has 0 saturated heterocycles. The molecule has 0 aliphatic rings. The molecule has 0 unspecified atom stereocenters. The number of hydrogen-bond acceptors (Lipinski definition) is 3. The van der Waals surface area contributed by atoms with Crippen molar-refractivity contribution in [3.05, 3.63) is 71.0 Å². The van der Waals surface area contributed by atoms with Crippen molar-refractivity contribution in [2.24, 2.45) is 0 Å². The molecular weight excluding hydrogens is 340 g/mol. The van der Waals surface area contributed by atoms with E-state index < -0.39 is 0 Å². The second-order valence-corrected chi connectivity index (χ2v) is 6.73. The Morgan fingerprint density at radius 1 is 0.963 bits per heavy atom. The van der Waals surface area contributed by atoms with Crippen LogP contribution >= 0.6 is 0 Å². The summed E-state index contributed by atoms with van der Waals surface area (Å²) in [6.45, 7) is 4.88. The number of carbonyl (C=O) groups is 2. The number of furan rings is 1. The van der Waals surface area contributed by atoms with Gasteiger partial charge in [-0.2, -0.15) is 0 Å². The van der Waals surface area contributed by atoms with Crippen LogP contribution in [0.5, 0.6) is 0 Å². The monoisotopic (exact) mass is 364 g/mol. The number of nitrogens with one attached hydrogen (secondary N) is 2. The molecule has 1 aromatic heterocycles. The molecule has 0 atom stereocenters. The first-order valence-electron chi connectivity index (χ1n) is 9.07. The number of hydrogen-bond donors (Lipinski definition) is 2. The molecule has 0 aliphatic heterocycles. The normalized spacial score (nSPS) is 10.7. The lowest BCUT2D eigenvalue weighted by Crippen LogP contribution is -2.31. The molecule has 3 rings (SSSR count).